The number of hydrogen-bond donors (Lipinski definition) is 0. The molecule has 0 aromatic carbocycles. The summed E-state index contributed by atoms with van der Waals surface area (Å²) in [5.41, 5.74) is 1.02. The third-order valence-corrected chi connectivity index (χ3v) is 22.0. The van der Waals surface area contributed by atoms with Crippen molar-refractivity contribution in [1.82, 2.24) is 19.5 Å². The van der Waals surface area contributed by atoms with E-state index >= 15 is 0 Å². The molecule has 0 amide bonds. The Labute approximate surface area is 231 Å². The Hall–Kier alpha value is -1.22. The Morgan fingerprint density at radius 3 is 1.27 bits per heavy atom. The minimum Gasteiger partial charge on any atom is -0.408 e. The molecule has 2 aliphatic heterocycles. The molecule has 2 aliphatic rings. The molecule has 7 heteroatoms. The Balaban J connectivity index is 3.11. The van der Waals surface area contributed by atoms with Crippen molar-refractivity contribution in [1.29, 1.82) is 0 Å². The normalized spacial score (nSPS) is 13.5. The van der Waals surface area contributed by atoms with E-state index in [0.29, 0.717) is 35.5 Å². The van der Waals surface area contributed by atoms with Crippen molar-refractivity contribution in [3.63, 3.8) is 0 Å². The zero-order chi connectivity index (χ0) is 28.1. The van der Waals surface area contributed by atoms with Crippen LogP contribution >= 0.6 is 0 Å². The van der Waals surface area contributed by atoms with Gasteiger partial charge in [-0.15, -0.1) is 0 Å². The molecule has 0 N–H and O–H groups in total. The summed E-state index contributed by atoms with van der Waals surface area (Å²) in [7, 11) is -1.86. The Morgan fingerprint density at radius 2 is 0.946 bits per heavy atom. The van der Waals surface area contributed by atoms with Crippen molar-refractivity contribution in [2.45, 2.75) is 119 Å². The second-order valence-electron chi connectivity index (χ2n) is 14.6. The fraction of sp³-hybridized carbons (Fsp3) is 0.833. The van der Waals surface area contributed by atoms with Crippen molar-refractivity contribution < 1.29 is 0 Å². The molecule has 0 spiro atoms. The zero-order valence-electron chi connectivity index (χ0n) is 26.6. The molecule has 0 atom stereocenters. The summed E-state index contributed by atoms with van der Waals surface area (Å²) in [6.45, 7) is 29.5. The van der Waals surface area contributed by atoms with E-state index in [1.54, 1.807) is 6.33 Å². The first-order chi connectivity index (χ1) is 17.1. The molecule has 0 aliphatic carbocycles. The van der Waals surface area contributed by atoms with Crippen molar-refractivity contribution in [2.75, 3.05) is 4.23 Å². The molecule has 2 heterocycles. The molecule has 0 saturated heterocycles. The standard InChI is InChI=1S/C30H59N5Si2/c1-22(2)14-36(15-23(3)4,16-24(5)6)35(30-28-29(32-20-31-28)33-21-34(30)13)37(17-25(7)8,18-26(9)10)19-27(11)12/h20-27H,14-19H2,1-13H3. The second kappa shape index (κ2) is 13.2. The average Bonchev–Trinajstić information content (AvgIpc) is 3.15. The van der Waals surface area contributed by atoms with E-state index in [2.05, 4.69) is 104 Å². The summed E-state index contributed by atoms with van der Waals surface area (Å²) < 4.78 is 5.56. The van der Waals surface area contributed by atoms with Gasteiger partial charge in [-0.1, -0.05) is 83.1 Å². The third-order valence-electron chi connectivity index (χ3n) is 7.37. The van der Waals surface area contributed by atoms with Gasteiger partial charge in [-0.05, 0) is 71.8 Å². The SMILES string of the molecule is CC(C)C[Si](CC(C)C)(CC(C)C)N(c1c2ncnc-2ncn1C)[Si](CC(C)C)(CC(C)C)CC(C)C. The lowest BCUT2D eigenvalue weighted by atomic mass is 10.2. The average molecular weight is 546 g/mol. The first kappa shape index (κ1) is 32.0. The van der Waals surface area contributed by atoms with Gasteiger partial charge in [0.25, 0.3) is 0 Å². The van der Waals surface area contributed by atoms with Crippen LogP contribution in [0.4, 0.5) is 5.82 Å². The molecule has 0 aromatic rings. The van der Waals surface area contributed by atoms with Crippen LogP contribution in [0.2, 0.25) is 36.3 Å². The quantitative estimate of drug-likeness (QED) is 0.210. The lowest BCUT2D eigenvalue weighted by Crippen LogP contribution is -2.70. The maximum Gasteiger partial charge on any atom is 0.184 e. The van der Waals surface area contributed by atoms with E-state index in [1.807, 2.05) is 6.33 Å². The van der Waals surface area contributed by atoms with Gasteiger partial charge in [0.15, 0.2) is 5.82 Å². The number of aryl methyl sites for hydroxylation is 1. The highest BCUT2D eigenvalue weighted by Gasteiger charge is 2.54. The molecular weight excluding hydrogens is 487 g/mol. The fourth-order valence-corrected chi connectivity index (χ4v) is 26.0. The first-order valence-corrected chi connectivity index (χ1v) is 20.2. The van der Waals surface area contributed by atoms with Crippen LogP contribution in [-0.2, 0) is 7.05 Å². The van der Waals surface area contributed by atoms with Crippen LogP contribution in [0.25, 0.3) is 11.5 Å². The summed E-state index contributed by atoms with van der Waals surface area (Å²) in [6, 6.07) is 8.03. The zero-order valence-corrected chi connectivity index (χ0v) is 28.6. The number of anilines is 1. The molecule has 0 bridgehead atoms. The highest BCUT2D eigenvalue weighted by molar-refractivity contribution is 7.02. The van der Waals surface area contributed by atoms with E-state index in [-0.39, 0.29) is 0 Å². The lowest BCUT2D eigenvalue weighted by molar-refractivity contribution is 0.620. The molecule has 0 fully saturated rings. The Kier molecular flexibility index (Phi) is 11.4. The fourth-order valence-electron chi connectivity index (χ4n) is 7.70. The van der Waals surface area contributed by atoms with E-state index in [9.17, 15) is 0 Å². The smallest absolute Gasteiger partial charge is 0.184 e. The molecule has 0 unspecified atom stereocenters. The van der Waals surface area contributed by atoms with E-state index in [0.717, 1.165) is 11.5 Å². The highest BCUT2D eigenvalue weighted by Crippen LogP contribution is 2.48. The van der Waals surface area contributed by atoms with E-state index in [4.69, 9.17) is 9.97 Å². The van der Waals surface area contributed by atoms with Crippen molar-refractivity contribution in [3.05, 3.63) is 12.7 Å². The van der Waals surface area contributed by atoms with E-state index in [1.165, 1.54) is 42.1 Å². The van der Waals surface area contributed by atoms with Crippen molar-refractivity contribution in [3.8, 4) is 11.5 Å². The molecule has 5 nitrogen and oxygen atoms in total. The second-order valence-corrected chi connectivity index (χ2v) is 23.3. The van der Waals surface area contributed by atoms with Crippen LogP contribution in [-0.4, -0.2) is 36.0 Å². The molecular formula is C30H59N5Si2. The summed E-state index contributed by atoms with van der Waals surface area (Å²) in [4.78, 5) is 14.2. The van der Waals surface area contributed by atoms with Gasteiger partial charge >= 0.3 is 0 Å². The highest BCUT2D eigenvalue weighted by atomic mass is 28.4. The number of nitrogens with zero attached hydrogens (tertiary/aromatic N) is 5. The largest absolute Gasteiger partial charge is 0.408 e. The van der Waals surface area contributed by atoms with Crippen molar-refractivity contribution in [2.24, 2.45) is 42.6 Å². The van der Waals surface area contributed by atoms with E-state index < -0.39 is 16.5 Å². The van der Waals surface area contributed by atoms with Gasteiger partial charge in [-0.3, -0.25) is 0 Å². The van der Waals surface area contributed by atoms with Crippen molar-refractivity contribution >= 4 is 22.3 Å². The van der Waals surface area contributed by atoms with Gasteiger partial charge in [-0.2, -0.15) is 0 Å². The van der Waals surface area contributed by atoms with Gasteiger partial charge in [0.1, 0.15) is 34.3 Å². The maximum absolute atomic E-state index is 4.91. The summed E-state index contributed by atoms with van der Waals surface area (Å²) >= 11 is 0. The molecule has 0 radical (unpaired) electrons. The third kappa shape index (κ3) is 8.14. The summed E-state index contributed by atoms with van der Waals surface area (Å²) in [5.74, 6) is 6.17. The van der Waals surface area contributed by atoms with Gasteiger partial charge < -0.3 is 8.80 Å². The monoisotopic (exact) mass is 545 g/mol. The van der Waals surface area contributed by atoms with Gasteiger partial charge in [0, 0.05) is 7.05 Å². The number of aromatic nitrogens is 4. The Bertz CT molecular complexity index is 828. The molecule has 2 rings (SSSR count). The summed E-state index contributed by atoms with van der Waals surface area (Å²) in [6.07, 6.45) is 3.74. The number of rotatable bonds is 15. The van der Waals surface area contributed by atoms with Crippen LogP contribution in [0.15, 0.2) is 12.7 Å². The van der Waals surface area contributed by atoms with Crippen LogP contribution in [0.5, 0.6) is 0 Å². The topological polar surface area (TPSA) is 46.8 Å². The predicted molar refractivity (Wildman–Crippen MR) is 167 cm³/mol. The number of hydrogen-bond acceptors (Lipinski definition) is 4. The predicted octanol–water partition coefficient (Wildman–Crippen LogP) is 8.95. The molecule has 212 valence electrons. The van der Waals surface area contributed by atoms with Gasteiger partial charge in [-0.25, -0.2) is 15.0 Å². The van der Waals surface area contributed by atoms with Crippen LogP contribution < -0.4 is 4.23 Å². The Morgan fingerprint density at radius 1 is 0.595 bits per heavy atom. The number of fused-ring (bicyclic) bond motifs is 1. The van der Waals surface area contributed by atoms with Crippen LogP contribution in [0.3, 0.4) is 0 Å². The maximum atomic E-state index is 4.91. The van der Waals surface area contributed by atoms with Crippen LogP contribution in [0, 0.1) is 35.5 Å². The lowest BCUT2D eigenvalue weighted by Gasteiger charge is -2.58. The molecule has 0 saturated carbocycles. The molecule has 37 heavy (non-hydrogen) atoms. The summed E-state index contributed by atoms with van der Waals surface area (Å²) in [5, 5.41) is 0. The minimum absolute atomic E-state index is 0.670. The first-order valence-electron chi connectivity index (χ1n) is 15.0. The minimum atomic E-state index is -2.03. The van der Waals surface area contributed by atoms with Gasteiger partial charge in [0.05, 0.1) is 6.33 Å². The van der Waals surface area contributed by atoms with Crippen LogP contribution in [0.1, 0.15) is 83.1 Å². The molecule has 0 aromatic heterocycles. The number of imidazole rings is 1. The van der Waals surface area contributed by atoms with Gasteiger partial charge in [0.2, 0.25) is 0 Å².